The molecule has 4 nitrogen and oxygen atoms in total. The van der Waals surface area contributed by atoms with Crippen LogP contribution in [0.2, 0.25) is 5.15 Å². The normalized spacial score (nSPS) is 16.7. The molecule has 6 heteroatoms. The average molecular weight is 352 g/mol. The van der Waals surface area contributed by atoms with Crippen LogP contribution in [0.5, 0.6) is 0 Å². The predicted molar refractivity (Wildman–Crippen MR) is 94.6 cm³/mol. The Hall–Kier alpha value is -1.62. The summed E-state index contributed by atoms with van der Waals surface area (Å²) < 4.78 is 0. The van der Waals surface area contributed by atoms with Crippen LogP contribution in [0.3, 0.4) is 0 Å². The standard InChI is InChI=1S/C17H18ClN3O.ClH/c18-16-14(9-8-13(11-19)20-16)17(22)21-10-4-3-6-12-5-1-2-7-15(12)21;/h1,5-9H,2-4,10-11,19H2;1H. The third-order valence-corrected chi connectivity index (χ3v) is 4.16. The number of hydrogen-bond acceptors (Lipinski definition) is 3. The first-order valence-corrected chi connectivity index (χ1v) is 7.83. The van der Waals surface area contributed by atoms with Gasteiger partial charge in [-0.3, -0.25) is 4.79 Å². The van der Waals surface area contributed by atoms with Crippen molar-refractivity contribution in [1.82, 2.24) is 9.88 Å². The molecule has 0 saturated carbocycles. The van der Waals surface area contributed by atoms with Gasteiger partial charge >= 0.3 is 0 Å². The number of nitrogens with zero attached hydrogens (tertiary/aromatic N) is 2. The fraction of sp³-hybridized carbons (Fsp3) is 0.294. The molecule has 0 atom stereocenters. The molecule has 1 aliphatic heterocycles. The molecule has 122 valence electrons. The second-order valence-electron chi connectivity index (χ2n) is 5.33. The van der Waals surface area contributed by atoms with Gasteiger partial charge in [-0.05, 0) is 37.0 Å². The van der Waals surface area contributed by atoms with Crippen molar-refractivity contribution in [2.45, 2.75) is 25.8 Å². The highest BCUT2D eigenvalue weighted by Gasteiger charge is 2.25. The van der Waals surface area contributed by atoms with E-state index in [4.69, 9.17) is 17.3 Å². The lowest BCUT2D eigenvalue weighted by atomic mass is 10.0. The summed E-state index contributed by atoms with van der Waals surface area (Å²) in [5.74, 6) is -0.101. The fourth-order valence-corrected chi connectivity index (χ4v) is 3.00. The van der Waals surface area contributed by atoms with Crippen LogP contribution in [0, 0.1) is 0 Å². The highest BCUT2D eigenvalue weighted by Crippen LogP contribution is 2.28. The fourth-order valence-electron chi connectivity index (χ4n) is 2.75. The molecule has 0 aromatic carbocycles. The lowest BCUT2D eigenvalue weighted by molar-refractivity contribution is 0.0809. The number of hydrogen-bond donors (Lipinski definition) is 1. The van der Waals surface area contributed by atoms with Crippen molar-refractivity contribution in [1.29, 1.82) is 0 Å². The number of carbonyl (C=O) groups is 1. The number of pyridine rings is 1. The highest BCUT2D eigenvalue weighted by molar-refractivity contribution is 6.32. The van der Waals surface area contributed by atoms with Gasteiger partial charge in [0.2, 0.25) is 0 Å². The lowest BCUT2D eigenvalue weighted by Crippen LogP contribution is -2.32. The largest absolute Gasteiger partial charge is 0.325 e. The minimum atomic E-state index is -0.101. The number of aromatic nitrogens is 1. The monoisotopic (exact) mass is 351 g/mol. The average Bonchev–Trinajstić information content (AvgIpc) is 2.76. The molecule has 0 fully saturated rings. The van der Waals surface area contributed by atoms with E-state index in [1.54, 1.807) is 12.1 Å². The summed E-state index contributed by atoms with van der Waals surface area (Å²) in [6.07, 6.45) is 11.2. The van der Waals surface area contributed by atoms with E-state index in [1.165, 1.54) is 0 Å². The van der Waals surface area contributed by atoms with E-state index in [-0.39, 0.29) is 23.5 Å². The number of halogens is 2. The van der Waals surface area contributed by atoms with Crippen LogP contribution in [-0.4, -0.2) is 22.3 Å². The van der Waals surface area contributed by atoms with E-state index < -0.39 is 0 Å². The van der Waals surface area contributed by atoms with Crippen molar-refractivity contribution >= 4 is 29.9 Å². The number of carbonyl (C=O) groups excluding carboxylic acids is 1. The van der Waals surface area contributed by atoms with Gasteiger partial charge in [-0.1, -0.05) is 35.9 Å². The van der Waals surface area contributed by atoms with Gasteiger partial charge in [0.25, 0.3) is 5.91 Å². The molecule has 3 rings (SSSR count). The molecule has 0 unspecified atom stereocenters. The molecule has 23 heavy (non-hydrogen) atoms. The van der Waals surface area contributed by atoms with Crippen LogP contribution in [0.15, 0.2) is 47.7 Å². The number of fused-ring (bicyclic) bond motifs is 1. The van der Waals surface area contributed by atoms with Crippen LogP contribution in [-0.2, 0) is 6.54 Å². The van der Waals surface area contributed by atoms with E-state index in [0.717, 1.165) is 30.5 Å². The van der Waals surface area contributed by atoms with E-state index >= 15 is 0 Å². The van der Waals surface area contributed by atoms with E-state index in [0.29, 0.717) is 24.3 Å². The number of nitrogens with two attached hydrogens (primary N) is 1. The van der Waals surface area contributed by atoms with Crippen molar-refractivity contribution in [3.8, 4) is 0 Å². The Morgan fingerprint density at radius 1 is 1.35 bits per heavy atom. The Labute approximate surface area is 147 Å². The molecule has 1 amide bonds. The minimum Gasteiger partial charge on any atom is -0.325 e. The molecule has 2 heterocycles. The Balaban J connectivity index is 0.00000192. The molecule has 2 aliphatic rings. The van der Waals surface area contributed by atoms with Gasteiger partial charge in [-0.15, -0.1) is 12.4 Å². The smallest absolute Gasteiger partial charge is 0.261 e. The van der Waals surface area contributed by atoms with Crippen molar-refractivity contribution < 1.29 is 4.79 Å². The predicted octanol–water partition coefficient (Wildman–Crippen LogP) is 3.62. The first-order chi connectivity index (χ1) is 10.7. The quantitative estimate of drug-likeness (QED) is 0.827. The van der Waals surface area contributed by atoms with Crippen LogP contribution in [0.4, 0.5) is 0 Å². The Bertz CT molecular complexity index is 695. The summed E-state index contributed by atoms with van der Waals surface area (Å²) in [6.45, 7) is 0.994. The molecule has 0 spiro atoms. The SMILES string of the molecule is Cl.NCc1ccc(C(=O)N2CCCC=C3C=CCC=C32)c(Cl)n1. The summed E-state index contributed by atoms with van der Waals surface area (Å²) in [4.78, 5) is 18.9. The third kappa shape index (κ3) is 3.66. The number of rotatable bonds is 2. The summed E-state index contributed by atoms with van der Waals surface area (Å²) in [7, 11) is 0. The van der Waals surface area contributed by atoms with Crippen molar-refractivity contribution in [2.24, 2.45) is 5.73 Å². The van der Waals surface area contributed by atoms with Crippen LogP contribution >= 0.6 is 24.0 Å². The number of allylic oxidation sites excluding steroid dienone is 4. The zero-order valence-corrected chi connectivity index (χ0v) is 14.2. The summed E-state index contributed by atoms with van der Waals surface area (Å²) in [5.41, 5.74) is 8.75. The van der Waals surface area contributed by atoms with Gasteiger partial charge < -0.3 is 10.6 Å². The molecular weight excluding hydrogens is 333 g/mol. The van der Waals surface area contributed by atoms with E-state index in [1.807, 2.05) is 4.90 Å². The maximum Gasteiger partial charge on any atom is 0.261 e. The highest BCUT2D eigenvalue weighted by atomic mass is 35.5. The first kappa shape index (κ1) is 17.7. The van der Waals surface area contributed by atoms with Crippen molar-refractivity contribution in [3.63, 3.8) is 0 Å². The topological polar surface area (TPSA) is 59.2 Å². The third-order valence-electron chi connectivity index (χ3n) is 3.87. The Morgan fingerprint density at radius 3 is 2.91 bits per heavy atom. The van der Waals surface area contributed by atoms with Crippen molar-refractivity contribution in [2.75, 3.05) is 6.54 Å². The maximum absolute atomic E-state index is 12.9. The molecule has 1 aliphatic carbocycles. The zero-order valence-electron chi connectivity index (χ0n) is 12.7. The van der Waals surface area contributed by atoms with Gasteiger partial charge in [-0.25, -0.2) is 4.98 Å². The van der Waals surface area contributed by atoms with Crippen LogP contribution in [0.25, 0.3) is 0 Å². The summed E-state index contributed by atoms with van der Waals surface area (Å²) in [6, 6.07) is 3.47. The van der Waals surface area contributed by atoms with Gasteiger partial charge in [0.1, 0.15) is 5.15 Å². The Morgan fingerprint density at radius 2 is 2.17 bits per heavy atom. The van der Waals surface area contributed by atoms with Crippen LogP contribution < -0.4 is 5.73 Å². The minimum absolute atomic E-state index is 0. The molecular formula is C17H19Cl2N3O. The van der Waals surface area contributed by atoms with Gasteiger partial charge in [0, 0.05) is 18.8 Å². The van der Waals surface area contributed by atoms with Gasteiger partial charge in [0.05, 0.1) is 11.3 Å². The van der Waals surface area contributed by atoms with Crippen LogP contribution in [0.1, 0.15) is 35.3 Å². The summed E-state index contributed by atoms with van der Waals surface area (Å²) in [5, 5.41) is 0.217. The lowest BCUT2D eigenvalue weighted by Gasteiger charge is -2.26. The second kappa shape index (κ2) is 7.77. The Kier molecular flexibility index (Phi) is 5.99. The molecule has 0 radical (unpaired) electrons. The molecule has 1 aromatic heterocycles. The van der Waals surface area contributed by atoms with Crippen molar-refractivity contribution in [3.05, 3.63) is 64.1 Å². The molecule has 2 N–H and O–H groups in total. The molecule has 0 bridgehead atoms. The number of amides is 1. The molecule has 1 aromatic rings. The second-order valence-corrected chi connectivity index (χ2v) is 5.69. The zero-order chi connectivity index (χ0) is 15.5. The maximum atomic E-state index is 12.9. The first-order valence-electron chi connectivity index (χ1n) is 7.45. The van der Waals surface area contributed by atoms with Gasteiger partial charge in [0.15, 0.2) is 0 Å². The van der Waals surface area contributed by atoms with Gasteiger partial charge in [-0.2, -0.15) is 0 Å². The van der Waals surface area contributed by atoms with E-state index in [9.17, 15) is 4.79 Å². The molecule has 0 saturated heterocycles. The van der Waals surface area contributed by atoms with E-state index in [2.05, 4.69) is 29.3 Å². The summed E-state index contributed by atoms with van der Waals surface area (Å²) >= 11 is 6.18.